The molecule has 7 N–H and O–H groups in total. The van der Waals surface area contributed by atoms with Gasteiger partial charge in [-0.3, -0.25) is 14.9 Å². The second kappa shape index (κ2) is 12.9. The van der Waals surface area contributed by atoms with Crippen molar-refractivity contribution in [2.75, 3.05) is 5.32 Å². The molecule has 13 heteroatoms. The van der Waals surface area contributed by atoms with Crippen LogP contribution in [-0.4, -0.2) is 52.3 Å². The number of aliphatic carboxylic acids is 1. The average molecular weight is 498 g/mol. The minimum Gasteiger partial charge on any atom is -0.508 e. The fourth-order valence-electron chi connectivity index (χ4n) is 2.40. The maximum atomic E-state index is 12.1. The van der Waals surface area contributed by atoms with E-state index in [1.165, 1.54) is 12.1 Å². The molecule has 2 aromatic rings. The molecule has 0 bridgehead atoms. The third-order valence-electron chi connectivity index (χ3n) is 4.03. The number of imide groups is 1. The Balaban J connectivity index is 0.000000762. The number of amides is 4. The number of hydrogen-bond acceptors (Lipinski definition) is 6. The minimum absolute atomic E-state index is 0.0212. The van der Waals surface area contributed by atoms with Crippen LogP contribution in [0.1, 0.15) is 29.8 Å². The summed E-state index contributed by atoms with van der Waals surface area (Å²) in [6, 6.07) is 11.0. The van der Waals surface area contributed by atoms with E-state index in [0.29, 0.717) is 11.3 Å². The Bertz CT molecular complexity index is 1020. The number of carbonyl (C=O) groups excluding carboxylic acids is 3. The maximum absolute atomic E-state index is 12.1. The molecule has 190 valence electrons. The first-order valence-electron chi connectivity index (χ1n) is 10.1. The number of nitrogens with one attached hydrogen (secondary N) is 3. The Hall–Kier alpha value is -4.13. The molecule has 0 radical (unpaired) electrons. The molecule has 2 aromatic carbocycles. The van der Waals surface area contributed by atoms with E-state index in [4.69, 9.17) is 15.6 Å². The van der Waals surface area contributed by atoms with Crippen molar-refractivity contribution in [2.24, 2.45) is 5.73 Å². The lowest BCUT2D eigenvalue weighted by molar-refractivity contribution is -0.192. The summed E-state index contributed by atoms with van der Waals surface area (Å²) in [4.78, 5) is 44.8. The minimum atomic E-state index is -5.08. The zero-order valence-electron chi connectivity index (χ0n) is 18.7. The van der Waals surface area contributed by atoms with Gasteiger partial charge in [-0.1, -0.05) is 12.1 Å². The zero-order chi connectivity index (χ0) is 26.8. The lowest BCUT2D eigenvalue weighted by Gasteiger charge is -2.13. The third-order valence-corrected chi connectivity index (χ3v) is 4.03. The van der Waals surface area contributed by atoms with Crippen LogP contribution in [0.3, 0.4) is 0 Å². The van der Waals surface area contributed by atoms with Gasteiger partial charge in [0.15, 0.2) is 0 Å². The monoisotopic (exact) mass is 498 g/mol. The van der Waals surface area contributed by atoms with Crippen molar-refractivity contribution in [2.45, 2.75) is 38.5 Å². The fourth-order valence-corrected chi connectivity index (χ4v) is 2.40. The Morgan fingerprint density at radius 1 is 0.971 bits per heavy atom. The summed E-state index contributed by atoms with van der Waals surface area (Å²) in [5.41, 5.74) is 7.48. The molecule has 0 saturated heterocycles. The molecular weight excluding hydrogens is 473 g/mol. The van der Waals surface area contributed by atoms with Gasteiger partial charge in [0.05, 0.1) is 6.04 Å². The molecule has 1 atom stereocenters. The number of halogens is 3. The van der Waals surface area contributed by atoms with Crippen LogP contribution < -0.4 is 21.7 Å². The standard InChI is InChI=1S/C20H24N4O4.C2HF3O2/c1-12(2)22-18(26)14-5-7-15(8-6-14)23-20(28)24-19(27)17(21)11-13-3-9-16(25)10-4-13;3-2(4,5)1(6)7/h3-10,12,17,25H,11,21H2,1-2H3,(H,22,26)(H2,23,24,27,28);(H,6,7)/t17-;/m0./s1. The first-order chi connectivity index (χ1) is 16.2. The van der Waals surface area contributed by atoms with Gasteiger partial charge in [-0.25, -0.2) is 9.59 Å². The fraction of sp³-hybridized carbons (Fsp3) is 0.273. The van der Waals surface area contributed by atoms with Crippen molar-refractivity contribution in [3.05, 3.63) is 59.7 Å². The average Bonchev–Trinajstić information content (AvgIpc) is 2.75. The molecule has 0 aliphatic rings. The number of benzene rings is 2. The highest BCUT2D eigenvalue weighted by Crippen LogP contribution is 2.13. The van der Waals surface area contributed by atoms with E-state index >= 15 is 0 Å². The van der Waals surface area contributed by atoms with Crippen LogP contribution >= 0.6 is 0 Å². The number of urea groups is 1. The van der Waals surface area contributed by atoms with E-state index in [0.717, 1.165) is 5.56 Å². The summed E-state index contributed by atoms with van der Waals surface area (Å²) < 4.78 is 31.7. The summed E-state index contributed by atoms with van der Waals surface area (Å²) in [6.45, 7) is 3.73. The van der Waals surface area contributed by atoms with E-state index in [1.807, 2.05) is 13.8 Å². The first kappa shape index (κ1) is 28.9. The summed E-state index contributed by atoms with van der Waals surface area (Å²) in [5.74, 6) is -3.47. The van der Waals surface area contributed by atoms with Gasteiger partial charge in [0.2, 0.25) is 5.91 Å². The van der Waals surface area contributed by atoms with Gasteiger partial charge in [-0.15, -0.1) is 0 Å². The predicted molar refractivity (Wildman–Crippen MR) is 120 cm³/mol. The van der Waals surface area contributed by atoms with Gasteiger partial charge in [0.25, 0.3) is 5.91 Å². The quantitative estimate of drug-likeness (QED) is 0.355. The number of alkyl halides is 3. The molecule has 0 aliphatic heterocycles. The van der Waals surface area contributed by atoms with Crippen LogP contribution in [0.25, 0.3) is 0 Å². The lowest BCUT2D eigenvalue weighted by atomic mass is 10.1. The Kier molecular flexibility index (Phi) is 10.7. The van der Waals surface area contributed by atoms with Gasteiger partial charge < -0.3 is 26.6 Å². The largest absolute Gasteiger partial charge is 0.508 e. The summed E-state index contributed by atoms with van der Waals surface area (Å²) in [7, 11) is 0. The summed E-state index contributed by atoms with van der Waals surface area (Å²) in [5, 5.41) is 23.8. The predicted octanol–water partition coefficient (Wildman–Crippen LogP) is 2.38. The van der Waals surface area contributed by atoms with Gasteiger partial charge in [0.1, 0.15) is 5.75 Å². The highest BCUT2D eigenvalue weighted by Gasteiger charge is 2.38. The SMILES string of the molecule is CC(C)NC(=O)c1ccc(NC(=O)NC(=O)[C@@H](N)Cc2ccc(O)cc2)cc1.O=C(O)C(F)(F)F. The van der Waals surface area contributed by atoms with Crippen molar-refractivity contribution >= 4 is 29.5 Å². The number of aromatic hydroxyl groups is 1. The molecule has 0 aromatic heterocycles. The molecular formula is C22H25F3N4O6. The molecule has 0 unspecified atom stereocenters. The normalized spacial score (nSPS) is 11.5. The van der Waals surface area contributed by atoms with Crippen molar-refractivity contribution < 1.29 is 42.6 Å². The topological polar surface area (TPSA) is 171 Å². The second-order valence-electron chi connectivity index (χ2n) is 7.43. The number of carbonyl (C=O) groups is 4. The van der Waals surface area contributed by atoms with E-state index in [1.54, 1.807) is 36.4 Å². The molecule has 0 aliphatic carbocycles. The van der Waals surface area contributed by atoms with Gasteiger partial charge in [0, 0.05) is 17.3 Å². The van der Waals surface area contributed by atoms with Gasteiger partial charge in [-0.2, -0.15) is 13.2 Å². The molecule has 0 saturated carbocycles. The molecule has 0 fully saturated rings. The highest BCUT2D eigenvalue weighted by atomic mass is 19.4. The van der Waals surface area contributed by atoms with Crippen LogP contribution in [0.2, 0.25) is 0 Å². The number of anilines is 1. The van der Waals surface area contributed by atoms with E-state index in [9.17, 15) is 32.7 Å². The highest BCUT2D eigenvalue weighted by molar-refractivity contribution is 6.03. The van der Waals surface area contributed by atoms with Crippen LogP contribution in [0.4, 0.5) is 23.7 Å². The smallest absolute Gasteiger partial charge is 0.490 e. The van der Waals surface area contributed by atoms with E-state index < -0.39 is 30.1 Å². The number of carboxylic acid groups (broad SMARTS) is 1. The number of hydrogen-bond donors (Lipinski definition) is 6. The van der Waals surface area contributed by atoms with Crippen LogP contribution in [-0.2, 0) is 16.0 Å². The van der Waals surface area contributed by atoms with E-state index in [-0.39, 0.29) is 24.1 Å². The molecule has 0 spiro atoms. The van der Waals surface area contributed by atoms with Gasteiger partial charge in [-0.05, 0) is 62.2 Å². The number of carboxylic acids is 1. The zero-order valence-corrected chi connectivity index (χ0v) is 18.7. The maximum Gasteiger partial charge on any atom is 0.490 e. The van der Waals surface area contributed by atoms with E-state index in [2.05, 4.69) is 16.0 Å². The number of rotatable bonds is 6. The Morgan fingerprint density at radius 2 is 1.49 bits per heavy atom. The van der Waals surface area contributed by atoms with Crippen molar-refractivity contribution in [1.82, 2.24) is 10.6 Å². The third kappa shape index (κ3) is 11.0. The Labute approximate surface area is 198 Å². The molecule has 0 heterocycles. The van der Waals surface area contributed by atoms with Gasteiger partial charge >= 0.3 is 18.2 Å². The van der Waals surface area contributed by atoms with Crippen LogP contribution in [0.15, 0.2) is 48.5 Å². The number of nitrogens with two attached hydrogens (primary N) is 1. The molecule has 4 amide bonds. The van der Waals surface area contributed by atoms with Crippen LogP contribution in [0.5, 0.6) is 5.75 Å². The van der Waals surface area contributed by atoms with Crippen molar-refractivity contribution in [3.8, 4) is 5.75 Å². The molecule has 2 rings (SSSR count). The molecule has 35 heavy (non-hydrogen) atoms. The van der Waals surface area contributed by atoms with Crippen molar-refractivity contribution in [3.63, 3.8) is 0 Å². The second-order valence-corrected chi connectivity index (χ2v) is 7.43. The van der Waals surface area contributed by atoms with Crippen LogP contribution in [0, 0.1) is 0 Å². The lowest BCUT2D eigenvalue weighted by Crippen LogP contribution is -2.46. The summed E-state index contributed by atoms with van der Waals surface area (Å²) >= 11 is 0. The first-order valence-corrected chi connectivity index (χ1v) is 10.1. The summed E-state index contributed by atoms with van der Waals surface area (Å²) in [6.07, 6.45) is -4.86. The number of phenols is 1. The molecule has 10 nitrogen and oxygen atoms in total. The Morgan fingerprint density at radius 3 is 1.94 bits per heavy atom. The van der Waals surface area contributed by atoms with Crippen molar-refractivity contribution in [1.29, 1.82) is 0 Å². The number of phenolic OH excluding ortho intramolecular Hbond substituents is 1.